The molecule has 4 heteroatoms. The van der Waals surface area contributed by atoms with Crippen LogP contribution in [0.4, 0.5) is 0 Å². The van der Waals surface area contributed by atoms with E-state index in [9.17, 15) is 4.21 Å². The maximum absolute atomic E-state index is 11.5. The molecule has 0 fully saturated rings. The molecule has 0 aliphatic rings. The molecule has 1 atom stereocenters. The molecule has 82 valence electrons. The lowest BCUT2D eigenvalue weighted by molar-refractivity contribution is 0.282. The van der Waals surface area contributed by atoms with Crippen molar-refractivity contribution in [3.05, 3.63) is 47.0 Å². The molecule has 0 saturated heterocycles. The van der Waals surface area contributed by atoms with Crippen molar-refractivity contribution in [3.63, 3.8) is 0 Å². The maximum atomic E-state index is 11.5. The van der Waals surface area contributed by atoms with Crippen LogP contribution >= 0.6 is 11.6 Å². The molecular weight excluding hydrogens is 232 g/mol. The largest absolute Gasteiger partial charge is 0.392 e. The molecule has 1 aromatic rings. The van der Waals surface area contributed by atoms with E-state index in [1.165, 1.54) is 0 Å². The van der Waals surface area contributed by atoms with Crippen molar-refractivity contribution < 1.29 is 9.32 Å². The quantitative estimate of drug-likeness (QED) is 0.862. The molecule has 0 saturated carbocycles. The smallest absolute Gasteiger partial charge is 0.0681 e. The Kier molecular flexibility index (Phi) is 5.02. The van der Waals surface area contributed by atoms with Gasteiger partial charge >= 0.3 is 0 Å². The lowest BCUT2D eigenvalue weighted by Gasteiger charge is -2.02. The summed E-state index contributed by atoms with van der Waals surface area (Å²) in [6.07, 6.45) is 0. The Balaban J connectivity index is 2.57. The van der Waals surface area contributed by atoms with Gasteiger partial charge in [-0.25, -0.2) is 0 Å². The maximum Gasteiger partial charge on any atom is 0.0681 e. The zero-order chi connectivity index (χ0) is 11.3. The second kappa shape index (κ2) is 6.05. The number of hydrogen-bond donors (Lipinski definition) is 1. The zero-order valence-electron chi connectivity index (χ0n) is 8.28. The van der Waals surface area contributed by atoms with Gasteiger partial charge in [0.25, 0.3) is 0 Å². The fourth-order valence-electron chi connectivity index (χ4n) is 1.15. The van der Waals surface area contributed by atoms with E-state index in [2.05, 4.69) is 6.58 Å². The first kappa shape index (κ1) is 12.4. The Morgan fingerprint density at radius 2 is 1.87 bits per heavy atom. The van der Waals surface area contributed by atoms with Gasteiger partial charge in [-0.2, -0.15) is 0 Å². The highest BCUT2D eigenvalue weighted by Crippen LogP contribution is 2.09. The minimum absolute atomic E-state index is 0.0296. The van der Waals surface area contributed by atoms with Crippen molar-refractivity contribution in [1.82, 2.24) is 0 Å². The van der Waals surface area contributed by atoms with Crippen LogP contribution < -0.4 is 0 Å². The van der Waals surface area contributed by atoms with E-state index in [1.54, 1.807) is 0 Å². The van der Waals surface area contributed by atoms with Crippen LogP contribution in [-0.2, 0) is 23.2 Å². The summed E-state index contributed by atoms with van der Waals surface area (Å²) in [4.78, 5) is 0. The number of rotatable bonds is 5. The summed E-state index contributed by atoms with van der Waals surface area (Å²) < 4.78 is 11.5. The summed E-state index contributed by atoms with van der Waals surface area (Å²) in [5.41, 5.74) is 1.83. The van der Waals surface area contributed by atoms with Crippen molar-refractivity contribution in [1.29, 1.82) is 0 Å². The number of benzene rings is 1. The van der Waals surface area contributed by atoms with Crippen LogP contribution in [-0.4, -0.2) is 15.1 Å². The molecule has 0 bridgehead atoms. The highest BCUT2D eigenvalue weighted by Gasteiger charge is 2.02. The number of aliphatic hydroxyl groups is 1. The van der Waals surface area contributed by atoms with Crippen molar-refractivity contribution in [3.8, 4) is 0 Å². The predicted octanol–water partition coefficient (Wildman–Crippen LogP) is 2.18. The Morgan fingerprint density at radius 3 is 2.33 bits per heavy atom. The molecule has 0 aromatic heterocycles. The first-order valence-corrected chi connectivity index (χ1v) is 6.35. The van der Waals surface area contributed by atoms with Gasteiger partial charge in [0, 0.05) is 21.6 Å². The summed E-state index contributed by atoms with van der Waals surface area (Å²) in [7, 11) is -1.00. The van der Waals surface area contributed by atoms with Gasteiger partial charge in [-0.1, -0.05) is 42.4 Å². The predicted molar refractivity (Wildman–Crippen MR) is 64.1 cm³/mol. The van der Waals surface area contributed by atoms with Crippen LogP contribution in [0.5, 0.6) is 0 Å². The highest BCUT2D eigenvalue weighted by molar-refractivity contribution is 7.84. The van der Waals surface area contributed by atoms with E-state index in [4.69, 9.17) is 16.7 Å². The zero-order valence-corrected chi connectivity index (χ0v) is 9.85. The minimum Gasteiger partial charge on any atom is -0.392 e. The molecule has 1 N–H and O–H groups in total. The third-order valence-electron chi connectivity index (χ3n) is 1.85. The summed E-state index contributed by atoms with van der Waals surface area (Å²) >= 11 is 5.57. The third kappa shape index (κ3) is 4.60. The standard InChI is InChI=1S/C11H13ClO2S/c1-9(12)7-15(14)8-11-4-2-10(6-13)3-5-11/h2-5,13H,1,6-8H2. The fraction of sp³-hybridized carbons (Fsp3) is 0.273. The minimum atomic E-state index is -1.00. The van der Waals surface area contributed by atoms with Gasteiger partial charge in [-0.15, -0.1) is 0 Å². The van der Waals surface area contributed by atoms with Gasteiger partial charge in [0.2, 0.25) is 0 Å². The SMILES string of the molecule is C=C(Cl)CS(=O)Cc1ccc(CO)cc1. The van der Waals surface area contributed by atoms with E-state index >= 15 is 0 Å². The molecule has 0 amide bonds. The molecule has 1 unspecified atom stereocenters. The molecule has 1 rings (SSSR count). The average Bonchev–Trinajstić information content (AvgIpc) is 2.17. The van der Waals surface area contributed by atoms with E-state index in [0.29, 0.717) is 16.5 Å². The molecule has 2 nitrogen and oxygen atoms in total. The van der Waals surface area contributed by atoms with Crippen molar-refractivity contribution in [2.45, 2.75) is 12.4 Å². The van der Waals surface area contributed by atoms with Crippen molar-refractivity contribution in [2.24, 2.45) is 0 Å². The Morgan fingerprint density at radius 1 is 1.33 bits per heavy atom. The van der Waals surface area contributed by atoms with Crippen LogP contribution in [0, 0.1) is 0 Å². The van der Waals surface area contributed by atoms with E-state index in [0.717, 1.165) is 11.1 Å². The van der Waals surface area contributed by atoms with Crippen LogP contribution in [0.2, 0.25) is 0 Å². The molecule has 0 aliphatic carbocycles. The van der Waals surface area contributed by atoms with Crippen LogP contribution in [0.1, 0.15) is 11.1 Å². The second-order valence-corrected chi connectivity index (χ2v) is 5.21. The van der Waals surface area contributed by atoms with Crippen LogP contribution in [0.15, 0.2) is 35.9 Å². The van der Waals surface area contributed by atoms with E-state index < -0.39 is 10.8 Å². The van der Waals surface area contributed by atoms with Gasteiger partial charge in [0.1, 0.15) is 0 Å². The topological polar surface area (TPSA) is 37.3 Å². The first-order valence-electron chi connectivity index (χ1n) is 4.48. The van der Waals surface area contributed by atoms with E-state index in [1.807, 2.05) is 24.3 Å². The fourth-order valence-corrected chi connectivity index (χ4v) is 2.53. The Bertz CT molecular complexity index is 359. The van der Waals surface area contributed by atoms with E-state index in [-0.39, 0.29) is 6.61 Å². The number of halogens is 1. The summed E-state index contributed by atoms with van der Waals surface area (Å²) in [6, 6.07) is 7.37. The molecule has 1 aromatic carbocycles. The monoisotopic (exact) mass is 244 g/mol. The summed E-state index contributed by atoms with van der Waals surface area (Å²) in [6.45, 7) is 3.53. The number of hydrogen-bond acceptors (Lipinski definition) is 2. The number of aliphatic hydroxyl groups excluding tert-OH is 1. The summed E-state index contributed by atoms with van der Waals surface area (Å²) in [5.74, 6) is 0.792. The summed E-state index contributed by atoms with van der Waals surface area (Å²) in [5, 5.41) is 9.26. The molecule has 0 aliphatic heterocycles. The van der Waals surface area contributed by atoms with Gasteiger partial charge in [0.05, 0.1) is 12.4 Å². The lowest BCUT2D eigenvalue weighted by atomic mass is 10.2. The third-order valence-corrected chi connectivity index (χ3v) is 3.47. The van der Waals surface area contributed by atoms with Crippen LogP contribution in [0.3, 0.4) is 0 Å². The first-order chi connectivity index (χ1) is 7.11. The van der Waals surface area contributed by atoms with Gasteiger partial charge in [-0.3, -0.25) is 4.21 Å². The molecular formula is C11H13ClO2S. The average molecular weight is 245 g/mol. The van der Waals surface area contributed by atoms with Crippen LogP contribution in [0.25, 0.3) is 0 Å². The molecule has 0 radical (unpaired) electrons. The van der Waals surface area contributed by atoms with Gasteiger partial charge < -0.3 is 5.11 Å². The normalized spacial score (nSPS) is 12.4. The van der Waals surface area contributed by atoms with Gasteiger partial charge in [-0.05, 0) is 11.1 Å². The highest BCUT2D eigenvalue weighted by atomic mass is 35.5. The molecule has 15 heavy (non-hydrogen) atoms. The lowest BCUT2D eigenvalue weighted by Crippen LogP contribution is -2.00. The van der Waals surface area contributed by atoms with Crippen molar-refractivity contribution >= 4 is 22.4 Å². The van der Waals surface area contributed by atoms with Crippen molar-refractivity contribution in [2.75, 3.05) is 5.75 Å². The Labute approximate surface area is 97.0 Å². The Hall–Kier alpha value is -0.640. The molecule has 0 spiro atoms. The molecule has 0 heterocycles. The van der Waals surface area contributed by atoms with Gasteiger partial charge in [0.15, 0.2) is 0 Å². The second-order valence-electron chi connectivity index (χ2n) is 3.22.